The fourth-order valence-electron chi connectivity index (χ4n) is 2.45. The van der Waals surface area contributed by atoms with E-state index in [2.05, 4.69) is 27.2 Å². The Morgan fingerprint density at radius 3 is 2.61 bits per heavy atom. The highest BCUT2D eigenvalue weighted by Crippen LogP contribution is 2.22. The Balaban J connectivity index is 1.48. The maximum Gasteiger partial charge on any atom is 0.233 e. The molecule has 0 radical (unpaired) electrons. The summed E-state index contributed by atoms with van der Waals surface area (Å²) in [5.74, 6) is 1.45. The van der Waals surface area contributed by atoms with Gasteiger partial charge in [-0.25, -0.2) is 0 Å². The second kappa shape index (κ2) is 7.65. The number of amides is 1. The van der Waals surface area contributed by atoms with Crippen LogP contribution in [0.5, 0.6) is 5.75 Å². The van der Waals surface area contributed by atoms with Crippen molar-refractivity contribution in [1.82, 2.24) is 15.1 Å². The van der Waals surface area contributed by atoms with Gasteiger partial charge in [0.1, 0.15) is 11.3 Å². The molecule has 8 heteroatoms. The molecule has 1 aromatic carbocycles. The number of hydrogen-bond acceptors (Lipinski definition) is 7. The van der Waals surface area contributed by atoms with E-state index in [4.69, 9.17) is 4.74 Å². The fraction of sp³-hybridized carbons (Fsp3) is 0.400. The maximum atomic E-state index is 12.2. The number of carbonyl (C=O) groups excluding carboxylic acids is 1. The topological polar surface area (TPSA) is 58.6 Å². The van der Waals surface area contributed by atoms with Crippen LogP contribution in [0.1, 0.15) is 0 Å². The lowest BCUT2D eigenvalue weighted by Gasteiger charge is -2.36. The molecule has 1 amide bonds. The number of thioether (sulfide) groups is 1. The minimum absolute atomic E-state index is 0.166. The van der Waals surface area contributed by atoms with Crippen LogP contribution in [0.25, 0.3) is 0 Å². The quantitative estimate of drug-likeness (QED) is 0.769. The molecule has 3 rings (SSSR count). The predicted octanol–water partition coefficient (Wildman–Crippen LogP) is 1.99. The third-order valence-electron chi connectivity index (χ3n) is 3.73. The molecule has 1 aliphatic heterocycles. The Kier molecular flexibility index (Phi) is 5.35. The van der Waals surface area contributed by atoms with Gasteiger partial charge in [0.05, 0.1) is 12.9 Å². The van der Waals surface area contributed by atoms with Crippen LogP contribution in [-0.4, -0.2) is 60.0 Å². The normalized spacial score (nSPS) is 14.8. The van der Waals surface area contributed by atoms with Crippen molar-refractivity contribution in [2.75, 3.05) is 43.9 Å². The molecule has 1 aromatic heterocycles. The van der Waals surface area contributed by atoms with E-state index in [-0.39, 0.29) is 5.91 Å². The van der Waals surface area contributed by atoms with E-state index in [0.29, 0.717) is 5.75 Å². The molecule has 0 bridgehead atoms. The molecule has 2 aromatic rings. The van der Waals surface area contributed by atoms with Gasteiger partial charge in [-0.2, -0.15) is 0 Å². The monoisotopic (exact) mass is 350 g/mol. The second-order valence-corrected chi connectivity index (χ2v) is 7.11. The minimum Gasteiger partial charge on any atom is -0.497 e. The maximum absolute atomic E-state index is 12.2. The van der Waals surface area contributed by atoms with Crippen LogP contribution in [0.15, 0.2) is 34.1 Å². The summed E-state index contributed by atoms with van der Waals surface area (Å²) in [5.41, 5.74) is 2.85. The third-order valence-corrected chi connectivity index (χ3v) is 5.57. The van der Waals surface area contributed by atoms with Crippen molar-refractivity contribution in [3.05, 3.63) is 29.8 Å². The number of hydrogen-bond donors (Lipinski definition) is 0. The van der Waals surface area contributed by atoms with E-state index in [1.54, 1.807) is 12.6 Å². The van der Waals surface area contributed by atoms with Crippen molar-refractivity contribution in [3.8, 4) is 5.75 Å². The van der Waals surface area contributed by atoms with Crippen LogP contribution in [0.3, 0.4) is 0 Å². The smallest absolute Gasteiger partial charge is 0.233 e. The summed E-state index contributed by atoms with van der Waals surface area (Å²) in [6, 6.07) is 8.04. The van der Waals surface area contributed by atoms with Crippen LogP contribution in [0, 0.1) is 0 Å². The molecule has 0 atom stereocenters. The number of methoxy groups -OCH3 is 1. The van der Waals surface area contributed by atoms with Crippen LogP contribution in [-0.2, 0) is 4.79 Å². The zero-order chi connectivity index (χ0) is 16.1. The Hall–Kier alpha value is -1.80. The van der Waals surface area contributed by atoms with Crippen LogP contribution < -0.4 is 9.64 Å². The van der Waals surface area contributed by atoms with Crippen molar-refractivity contribution in [1.29, 1.82) is 0 Å². The summed E-state index contributed by atoms with van der Waals surface area (Å²) in [7, 11) is 1.67. The van der Waals surface area contributed by atoms with Crippen molar-refractivity contribution in [2.24, 2.45) is 0 Å². The lowest BCUT2D eigenvalue weighted by atomic mass is 10.2. The van der Waals surface area contributed by atoms with Gasteiger partial charge in [-0.1, -0.05) is 23.1 Å². The summed E-state index contributed by atoms with van der Waals surface area (Å²) in [4.78, 5) is 16.5. The van der Waals surface area contributed by atoms with E-state index in [1.165, 1.54) is 28.8 Å². The van der Waals surface area contributed by atoms with Crippen LogP contribution >= 0.6 is 23.1 Å². The standard InChI is InChI=1S/C15H18N4O2S2/c1-21-13-4-2-12(3-5-13)18-6-8-19(9-7-18)14(20)10-22-15-17-16-11-23-15/h2-5,11H,6-10H2,1H3. The van der Waals surface area contributed by atoms with Gasteiger partial charge in [0.2, 0.25) is 5.91 Å². The lowest BCUT2D eigenvalue weighted by Crippen LogP contribution is -2.49. The SMILES string of the molecule is COc1ccc(N2CCN(C(=O)CSc3nncs3)CC2)cc1. The number of benzene rings is 1. The number of piperazine rings is 1. The van der Waals surface area contributed by atoms with Gasteiger partial charge in [-0.05, 0) is 24.3 Å². The number of rotatable bonds is 5. The first-order chi connectivity index (χ1) is 11.3. The predicted molar refractivity (Wildman–Crippen MR) is 92.4 cm³/mol. The van der Waals surface area contributed by atoms with Gasteiger partial charge in [0.25, 0.3) is 0 Å². The van der Waals surface area contributed by atoms with Gasteiger partial charge in [0, 0.05) is 31.9 Å². The highest BCUT2D eigenvalue weighted by Gasteiger charge is 2.21. The first-order valence-corrected chi connectivity index (χ1v) is 9.18. The lowest BCUT2D eigenvalue weighted by molar-refractivity contribution is -0.128. The first kappa shape index (κ1) is 16.1. The number of aromatic nitrogens is 2. The third kappa shape index (κ3) is 4.14. The molecule has 1 saturated heterocycles. The molecule has 1 aliphatic rings. The van der Waals surface area contributed by atoms with Crippen LogP contribution in [0.4, 0.5) is 5.69 Å². The Morgan fingerprint density at radius 1 is 1.26 bits per heavy atom. The van der Waals surface area contributed by atoms with E-state index < -0.39 is 0 Å². The average Bonchev–Trinajstić information content (AvgIpc) is 3.13. The highest BCUT2D eigenvalue weighted by molar-refractivity contribution is 8.01. The summed E-state index contributed by atoms with van der Waals surface area (Å²) >= 11 is 2.92. The molecule has 1 fully saturated rings. The molecule has 2 heterocycles. The minimum atomic E-state index is 0.166. The van der Waals surface area contributed by atoms with E-state index in [1.807, 2.05) is 17.0 Å². The molecule has 0 unspecified atom stereocenters. The first-order valence-electron chi connectivity index (χ1n) is 7.32. The van der Waals surface area contributed by atoms with E-state index in [0.717, 1.165) is 36.3 Å². The Morgan fingerprint density at radius 2 is 2.00 bits per heavy atom. The zero-order valence-corrected chi connectivity index (χ0v) is 14.5. The fourth-order valence-corrected chi connectivity index (χ4v) is 3.84. The number of carbonyl (C=O) groups is 1. The van der Waals surface area contributed by atoms with Gasteiger partial charge in [-0.15, -0.1) is 10.2 Å². The van der Waals surface area contributed by atoms with Gasteiger partial charge in [-0.3, -0.25) is 4.79 Å². The number of ether oxygens (including phenoxy) is 1. The molecule has 6 nitrogen and oxygen atoms in total. The van der Waals surface area contributed by atoms with Gasteiger partial charge in [0.15, 0.2) is 4.34 Å². The molecule has 0 aliphatic carbocycles. The Bertz CT molecular complexity index is 625. The molecule has 0 saturated carbocycles. The largest absolute Gasteiger partial charge is 0.497 e. The molecule has 23 heavy (non-hydrogen) atoms. The average molecular weight is 350 g/mol. The van der Waals surface area contributed by atoms with Gasteiger partial charge < -0.3 is 14.5 Å². The summed E-state index contributed by atoms with van der Waals surface area (Å²) in [6.07, 6.45) is 0. The highest BCUT2D eigenvalue weighted by atomic mass is 32.2. The second-order valence-electron chi connectivity index (χ2n) is 5.06. The van der Waals surface area contributed by atoms with E-state index >= 15 is 0 Å². The molecular formula is C15H18N4O2S2. The summed E-state index contributed by atoms with van der Waals surface area (Å²) in [5, 5.41) is 7.72. The van der Waals surface area contributed by atoms with Crippen molar-refractivity contribution >= 4 is 34.7 Å². The van der Waals surface area contributed by atoms with E-state index in [9.17, 15) is 4.79 Å². The molecule has 0 N–H and O–H groups in total. The van der Waals surface area contributed by atoms with Crippen molar-refractivity contribution in [2.45, 2.75) is 4.34 Å². The zero-order valence-electron chi connectivity index (χ0n) is 12.8. The number of anilines is 1. The van der Waals surface area contributed by atoms with Crippen LogP contribution in [0.2, 0.25) is 0 Å². The summed E-state index contributed by atoms with van der Waals surface area (Å²) in [6.45, 7) is 3.20. The van der Waals surface area contributed by atoms with Gasteiger partial charge >= 0.3 is 0 Å². The summed E-state index contributed by atoms with van der Waals surface area (Å²) < 4.78 is 6.02. The Labute approximate surface area is 143 Å². The number of nitrogens with zero attached hydrogens (tertiary/aromatic N) is 4. The van der Waals surface area contributed by atoms with Crippen molar-refractivity contribution in [3.63, 3.8) is 0 Å². The van der Waals surface area contributed by atoms with Crippen molar-refractivity contribution < 1.29 is 9.53 Å². The molecule has 0 spiro atoms. The molecule has 122 valence electrons. The molecular weight excluding hydrogens is 332 g/mol.